The Bertz CT molecular complexity index is 816. The van der Waals surface area contributed by atoms with Crippen LogP contribution in [0.1, 0.15) is 47.6 Å². The molecule has 6 heteroatoms. The SMILES string of the molecule is O=C(NCC(c1cccc(Cl)c1)N1CCCC1)c1cccnc1N1CCCC1. The van der Waals surface area contributed by atoms with Crippen LogP contribution in [-0.2, 0) is 0 Å². The molecule has 1 aromatic heterocycles. The predicted octanol–water partition coefficient (Wildman–Crippen LogP) is 3.90. The van der Waals surface area contributed by atoms with Crippen LogP contribution in [0.3, 0.4) is 0 Å². The van der Waals surface area contributed by atoms with E-state index in [0.29, 0.717) is 12.1 Å². The van der Waals surface area contributed by atoms with Gasteiger partial charge in [0.25, 0.3) is 5.91 Å². The number of halogens is 1. The molecule has 0 saturated carbocycles. The van der Waals surface area contributed by atoms with Gasteiger partial charge in [-0.1, -0.05) is 23.7 Å². The largest absolute Gasteiger partial charge is 0.356 e. The van der Waals surface area contributed by atoms with E-state index in [-0.39, 0.29) is 11.9 Å². The minimum absolute atomic E-state index is 0.0544. The zero-order chi connectivity index (χ0) is 19.3. The van der Waals surface area contributed by atoms with Gasteiger partial charge in [0.1, 0.15) is 5.82 Å². The average Bonchev–Trinajstić information content (AvgIpc) is 3.42. The fraction of sp³-hybridized carbons (Fsp3) is 0.455. The summed E-state index contributed by atoms with van der Waals surface area (Å²) in [6, 6.07) is 11.8. The van der Waals surface area contributed by atoms with Crippen LogP contribution >= 0.6 is 11.6 Å². The molecule has 28 heavy (non-hydrogen) atoms. The normalized spacial score (nSPS) is 18.4. The molecular formula is C22H27ClN4O. The zero-order valence-corrected chi connectivity index (χ0v) is 16.9. The summed E-state index contributed by atoms with van der Waals surface area (Å²) in [7, 11) is 0. The molecule has 1 unspecified atom stereocenters. The third-order valence-corrected chi connectivity index (χ3v) is 5.94. The first-order valence-corrected chi connectivity index (χ1v) is 10.6. The number of carbonyl (C=O) groups is 1. The monoisotopic (exact) mass is 398 g/mol. The van der Waals surface area contributed by atoms with Crippen LogP contribution in [-0.4, -0.2) is 48.5 Å². The Labute approximate surface area is 171 Å². The first kappa shape index (κ1) is 19.2. The Balaban J connectivity index is 1.50. The van der Waals surface area contributed by atoms with E-state index in [1.54, 1.807) is 6.20 Å². The van der Waals surface area contributed by atoms with Crippen molar-refractivity contribution in [2.24, 2.45) is 0 Å². The number of nitrogens with zero attached hydrogens (tertiary/aromatic N) is 3. The second-order valence-corrected chi connectivity index (χ2v) is 8.03. The Morgan fingerprint density at radius 3 is 2.57 bits per heavy atom. The van der Waals surface area contributed by atoms with Gasteiger partial charge < -0.3 is 10.2 Å². The third-order valence-electron chi connectivity index (χ3n) is 5.71. The van der Waals surface area contributed by atoms with E-state index in [2.05, 4.69) is 26.2 Å². The van der Waals surface area contributed by atoms with E-state index in [1.807, 2.05) is 30.3 Å². The smallest absolute Gasteiger partial charge is 0.255 e. The number of carbonyl (C=O) groups excluding carboxylic acids is 1. The van der Waals surface area contributed by atoms with Crippen LogP contribution in [0, 0.1) is 0 Å². The fourth-order valence-corrected chi connectivity index (χ4v) is 4.46. The van der Waals surface area contributed by atoms with E-state index < -0.39 is 0 Å². The van der Waals surface area contributed by atoms with Crippen LogP contribution in [0.25, 0.3) is 0 Å². The molecule has 0 radical (unpaired) electrons. The Hall–Kier alpha value is -2.11. The summed E-state index contributed by atoms with van der Waals surface area (Å²) in [5.41, 5.74) is 1.82. The lowest BCUT2D eigenvalue weighted by Crippen LogP contribution is -2.37. The second-order valence-electron chi connectivity index (χ2n) is 7.59. The van der Waals surface area contributed by atoms with E-state index in [4.69, 9.17) is 11.6 Å². The second kappa shape index (κ2) is 8.93. The molecule has 0 aliphatic carbocycles. The van der Waals surface area contributed by atoms with Crippen LogP contribution in [0.2, 0.25) is 5.02 Å². The highest BCUT2D eigenvalue weighted by atomic mass is 35.5. The summed E-state index contributed by atoms with van der Waals surface area (Å²) in [5.74, 6) is 0.749. The Morgan fingerprint density at radius 2 is 1.82 bits per heavy atom. The fourth-order valence-electron chi connectivity index (χ4n) is 4.26. The number of nitrogens with one attached hydrogen (secondary N) is 1. The third kappa shape index (κ3) is 4.31. The number of benzene rings is 1. The van der Waals surface area contributed by atoms with Crippen molar-refractivity contribution in [2.45, 2.75) is 31.7 Å². The van der Waals surface area contributed by atoms with Gasteiger partial charge in [-0.2, -0.15) is 0 Å². The molecule has 0 spiro atoms. The lowest BCUT2D eigenvalue weighted by molar-refractivity contribution is 0.0938. The van der Waals surface area contributed by atoms with E-state index in [1.165, 1.54) is 12.8 Å². The molecule has 0 bridgehead atoms. The number of pyridine rings is 1. The van der Waals surface area contributed by atoms with Gasteiger partial charge in [-0.15, -0.1) is 0 Å². The van der Waals surface area contributed by atoms with Gasteiger partial charge >= 0.3 is 0 Å². The maximum atomic E-state index is 13.0. The highest BCUT2D eigenvalue weighted by molar-refractivity contribution is 6.30. The zero-order valence-electron chi connectivity index (χ0n) is 16.1. The quantitative estimate of drug-likeness (QED) is 0.801. The standard InChI is InChI=1S/C22H27ClN4O/c23-18-8-5-7-17(15-18)20(26-11-1-2-12-26)16-25-22(28)19-9-6-10-24-21(19)27-13-3-4-14-27/h5-10,15,20H,1-4,11-14,16H2,(H,25,28). The van der Waals surface area contributed by atoms with Crippen LogP contribution in [0.15, 0.2) is 42.6 Å². The van der Waals surface area contributed by atoms with Gasteiger partial charge in [-0.3, -0.25) is 9.69 Å². The van der Waals surface area contributed by atoms with Crippen LogP contribution in [0.5, 0.6) is 0 Å². The van der Waals surface area contributed by atoms with Crippen molar-refractivity contribution < 1.29 is 4.79 Å². The molecule has 1 N–H and O–H groups in total. The van der Waals surface area contributed by atoms with Crippen molar-refractivity contribution in [3.8, 4) is 0 Å². The molecule has 1 amide bonds. The van der Waals surface area contributed by atoms with Crippen LogP contribution < -0.4 is 10.2 Å². The number of aromatic nitrogens is 1. The maximum absolute atomic E-state index is 13.0. The number of amides is 1. The van der Waals surface area contributed by atoms with Gasteiger partial charge in [0.05, 0.1) is 11.6 Å². The molecule has 1 atom stereocenters. The number of anilines is 1. The minimum Gasteiger partial charge on any atom is -0.356 e. The van der Waals surface area contributed by atoms with Crippen LogP contribution in [0.4, 0.5) is 5.82 Å². The summed E-state index contributed by atoms with van der Waals surface area (Å²) >= 11 is 6.23. The Kier molecular flexibility index (Phi) is 6.13. The van der Waals surface area contributed by atoms with Gasteiger partial charge in [-0.05, 0) is 68.6 Å². The molecule has 1 aromatic carbocycles. The van der Waals surface area contributed by atoms with Crippen molar-refractivity contribution in [1.82, 2.24) is 15.2 Å². The molecule has 2 aromatic rings. The number of rotatable bonds is 6. The minimum atomic E-state index is -0.0544. The molecule has 4 rings (SSSR count). The lowest BCUT2D eigenvalue weighted by atomic mass is 10.1. The van der Waals surface area contributed by atoms with E-state index >= 15 is 0 Å². The predicted molar refractivity (Wildman–Crippen MR) is 113 cm³/mol. The maximum Gasteiger partial charge on any atom is 0.255 e. The van der Waals surface area contributed by atoms with Gasteiger partial charge in [0.15, 0.2) is 0 Å². The van der Waals surface area contributed by atoms with E-state index in [9.17, 15) is 4.79 Å². The molecule has 2 saturated heterocycles. The number of likely N-dealkylation sites (tertiary alicyclic amines) is 1. The molecule has 2 fully saturated rings. The van der Waals surface area contributed by atoms with Gasteiger partial charge in [-0.25, -0.2) is 4.98 Å². The molecule has 148 valence electrons. The first-order chi connectivity index (χ1) is 13.7. The summed E-state index contributed by atoms with van der Waals surface area (Å²) in [5, 5.41) is 3.90. The first-order valence-electron chi connectivity index (χ1n) is 10.2. The summed E-state index contributed by atoms with van der Waals surface area (Å²) < 4.78 is 0. The lowest BCUT2D eigenvalue weighted by Gasteiger charge is -2.28. The molecule has 3 heterocycles. The van der Waals surface area contributed by atoms with Gasteiger partial charge in [0.2, 0.25) is 0 Å². The number of hydrogen-bond donors (Lipinski definition) is 1. The molecule has 5 nitrogen and oxygen atoms in total. The van der Waals surface area contributed by atoms with Crippen molar-refractivity contribution in [3.63, 3.8) is 0 Å². The highest BCUT2D eigenvalue weighted by Crippen LogP contribution is 2.27. The average molecular weight is 399 g/mol. The number of hydrogen-bond acceptors (Lipinski definition) is 4. The topological polar surface area (TPSA) is 48.5 Å². The highest BCUT2D eigenvalue weighted by Gasteiger charge is 2.26. The molecule has 2 aliphatic heterocycles. The molecular weight excluding hydrogens is 372 g/mol. The van der Waals surface area contributed by atoms with E-state index in [0.717, 1.165) is 55.4 Å². The molecule has 2 aliphatic rings. The summed E-state index contributed by atoms with van der Waals surface area (Å²) in [6.45, 7) is 4.61. The van der Waals surface area contributed by atoms with Gasteiger partial charge in [0, 0.05) is 30.9 Å². The van der Waals surface area contributed by atoms with Crippen molar-refractivity contribution >= 4 is 23.3 Å². The van der Waals surface area contributed by atoms with Crippen molar-refractivity contribution in [3.05, 3.63) is 58.7 Å². The van der Waals surface area contributed by atoms with Crippen molar-refractivity contribution in [2.75, 3.05) is 37.6 Å². The summed E-state index contributed by atoms with van der Waals surface area (Å²) in [6.07, 6.45) is 6.48. The van der Waals surface area contributed by atoms with Crippen molar-refractivity contribution in [1.29, 1.82) is 0 Å². The summed E-state index contributed by atoms with van der Waals surface area (Å²) in [4.78, 5) is 22.2. The Morgan fingerprint density at radius 1 is 1.07 bits per heavy atom.